The fourth-order valence-electron chi connectivity index (χ4n) is 6.19. The molecule has 0 radical (unpaired) electrons. The number of anilines is 1. The average molecular weight is 563 g/mol. The number of hydrogen-bond acceptors (Lipinski definition) is 5. The van der Waals surface area contributed by atoms with Crippen molar-refractivity contribution in [3.8, 4) is 11.3 Å². The molecule has 7 nitrogen and oxygen atoms in total. The second kappa shape index (κ2) is 10.1. The quantitative estimate of drug-likeness (QED) is 0.259. The summed E-state index contributed by atoms with van der Waals surface area (Å²) in [5, 5.41) is 9.57. The van der Waals surface area contributed by atoms with Crippen LogP contribution >= 0.6 is 23.2 Å². The van der Waals surface area contributed by atoms with Crippen LogP contribution in [-0.2, 0) is 11.3 Å². The van der Waals surface area contributed by atoms with E-state index in [1.807, 2.05) is 53.4 Å². The molecule has 2 bridgehead atoms. The SMILES string of the molecule is O=C(Nc1ccc2ncccc2c1)N1C2CCC1CC(OCc1c(-c3c(Cl)cccc3Cl)noc1C1CC1)C2. The Morgan fingerprint density at radius 1 is 1.03 bits per heavy atom. The normalized spacial score (nSPS) is 22.4. The number of hydrogen-bond donors (Lipinski definition) is 1. The van der Waals surface area contributed by atoms with Gasteiger partial charge in [-0.25, -0.2) is 4.79 Å². The van der Waals surface area contributed by atoms with Crippen LogP contribution < -0.4 is 5.32 Å². The molecule has 2 aliphatic heterocycles. The summed E-state index contributed by atoms with van der Waals surface area (Å²) < 4.78 is 12.3. The minimum Gasteiger partial charge on any atom is -0.373 e. The van der Waals surface area contributed by atoms with E-state index < -0.39 is 0 Å². The van der Waals surface area contributed by atoms with E-state index in [0.29, 0.717) is 33.8 Å². The topological polar surface area (TPSA) is 80.5 Å². The van der Waals surface area contributed by atoms with Crippen molar-refractivity contribution in [1.29, 1.82) is 0 Å². The number of ether oxygens (including phenoxy) is 1. The largest absolute Gasteiger partial charge is 0.373 e. The molecule has 2 aromatic heterocycles. The summed E-state index contributed by atoms with van der Waals surface area (Å²) in [7, 11) is 0. The standard InChI is InChI=1S/C30H28Cl2N4O3/c31-24-4-1-5-25(32)27(24)28-23(29(39-35-28)17-6-7-17)16-38-22-14-20-9-10-21(15-22)36(20)30(37)34-19-8-11-26-18(13-19)3-2-12-33-26/h1-5,8,11-13,17,20-22H,6-7,9-10,14-16H2,(H,34,37). The molecule has 2 saturated heterocycles. The Morgan fingerprint density at radius 2 is 1.79 bits per heavy atom. The van der Waals surface area contributed by atoms with Crippen LogP contribution in [0.15, 0.2) is 59.3 Å². The third-order valence-corrected chi connectivity index (χ3v) is 8.84. The number of urea groups is 1. The molecule has 2 amide bonds. The summed E-state index contributed by atoms with van der Waals surface area (Å²) in [6.45, 7) is 0.383. The van der Waals surface area contributed by atoms with E-state index in [1.54, 1.807) is 6.20 Å². The second-order valence-corrected chi connectivity index (χ2v) is 11.6. The number of carbonyl (C=O) groups is 1. The van der Waals surface area contributed by atoms with Crippen LogP contribution in [0.25, 0.3) is 22.2 Å². The number of rotatable bonds is 6. The van der Waals surface area contributed by atoms with Gasteiger partial charge in [0.1, 0.15) is 11.5 Å². The van der Waals surface area contributed by atoms with Gasteiger partial charge in [-0.15, -0.1) is 0 Å². The van der Waals surface area contributed by atoms with Crippen molar-refractivity contribution in [3.63, 3.8) is 0 Å². The molecule has 2 unspecified atom stereocenters. The highest BCUT2D eigenvalue weighted by molar-refractivity contribution is 6.39. The lowest BCUT2D eigenvalue weighted by molar-refractivity contribution is -0.0158. The molecule has 9 heteroatoms. The van der Waals surface area contributed by atoms with Gasteiger partial charge in [0, 0.05) is 46.4 Å². The van der Waals surface area contributed by atoms with E-state index in [0.717, 1.165) is 66.4 Å². The van der Waals surface area contributed by atoms with Crippen molar-refractivity contribution < 1.29 is 14.1 Å². The van der Waals surface area contributed by atoms with Gasteiger partial charge in [0.2, 0.25) is 0 Å². The van der Waals surface area contributed by atoms with Gasteiger partial charge < -0.3 is 19.5 Å². The van der Waals surface area contributed by atoms with Crippen LogP contribution in [0.1, 0.15) is 55.8 Å². The highest BCUT2D eigenvalue weighted by Gasteiger charge is 2.44. The number of piperidine rings is 1. The Bertz CT molecular complexity index is 1520. The lowest BCUT2D eigenvalue weighted by Gasteiger charge is -2.38. The summed E-state index contributed by atoms with van der Waals surface area (Å²) in [5.41, 5.74) is 3.98. The molecule has 3 fully saturated rings. The number of carbonyl (C=O) groups excluding carboxylic acids is 1. The van der Waals surface area contributed by atoms with Gasteiger partial charge in [-0.05, 0) is 74.9 Å². The minimum atomic E-state index is -0.0464. The first-order valence-electron chi connectivity index (χ1n) is 13.5. The van der Waals surface area contributed by atoms with Crippen LogP contribution in [-0.4, -0.2) is 39.3 Å². The summed E-state index contributed by atoms with van der Waals surface area (Å²) in [6, 6.07) is 15.4. The number of nitrogens with one attached hydrogen (secondary N) is 1. The van der Waals surface area contributed by atoms with Crippen LogP contribution in [0.5, 0.6) is 0 Å². The van der Waals surface area contributed by atoms with Gasteiger partial charge in [0.25, 0.3) is 0 Å². The van der Waals surface area contributed by atoms with Gasteiger partial charge in [-0.3, -0.25) is 4.98 Å². The Labute approximate surface area is 236 Å². The Morgan fingerprint density at radius 3 is 2.54 bits per heavy atom. The number of amides is 2. The molecule has 4 heterocycles. The fourth-order valence-corrected chi connectivity index (χ4v) is 6.76. The van der Waals surface area contributed by atoms with Gasteiger partial charge in [0.05, 0.1) is 28.3 Å². The van der Waals surface area contributed by atoms with Gasteiger partial charge in [0.15, 0.2) is 0 Å². The molecule has 3 aliphatic rings. The first-order valence-corrected chi connectivity index (χ1v) is 14.3. The molecule has 0 spiro atoms. The van der Waals surface area contributed by atoms with Crippen molar-refractivity contribution in [2.75, 3.05) is 5.32 Å². The molecule has 1 aliphatic carbocycles. The van der Waals surface area contributed by atoms with Gasteiger partial charge in [-0.2, -0.15) is 0 Å². The fraction of sp³-hybridized carbons (Fsp3) is 0.367. The predicted octanol–water partition coefficient (Wildman–Crippen LogP) is 7.82. The third kappa shape index (κ3) is 4.77. The summed E-state index contributed by atoms with van der Waals surface area (Å²) in [4.78, 5) is 19.7. The molecule has 4 aromatic rings. The number of fused-ring (bicyclic) bond motifs is 3. The van der Waals surface area contributed by atoms with Gasteiger partial charge in [-0.1, -0.05) is 40.5 Å². The van der Waals surface area contributed by atoms with E-state index in [4.69, 9.17) is 32.5 Å². The lowest BCUT2D eigenvalue weighted by atomic mass is 9.99. The van der Waals surface area contributed by atoms with E-state index in [-0.39, 0.29) is 24.2 Å². The molecule has 2 aromatic carbocycles. The maximum atomic E-state index is 13.3. The Hall–Kier alpha value is -3.13. The number of nitrogens with zero attached hydrogens (tertiary/aromatic N) is 3. The van der Waals surface area contributed by atoms with E-state index >= 15 is 0 Å². The zero-order valence-electron chi connectivity index (χ0n) is 21.3. The number of halogens is 2. The number of pyridine rings is 1. The number of aromatic nitrogens is 2. The van der Waals surface area contributed by atoms with E-state index in [9.17, 15) is 4.79 Å². The van der Waals surface area contributed by atoms with E-state index in [2.05, 4.69) is 15.5 Å². The number of benzene rings is 2. The van der Waals surface area contributed by atoms with Crippen LogP contribution in [0.2, 0.25) is 10.0 Å². The van der Waals surface area contributed by atoms with Crippen molar-refractivity contribution in [2.24, 2.45) is 0 Å². The average Bonchev–Trinajstić information content (AvgIpc) is 3.64. The van der Waals surface area contributed by atoms with Crippen LogP contribution in [0.3, 0.4) is 0 Å². The molecular weight excluding hydrogens is 535 g/mol. The lowest BCUT2D eigenvalue weighted by Crippen LogP contribution is -2.50. The molecule has 7 rings (SSSR count). The van der Waals surface area contributed by atoms with Crippen molar-refractivity contribution >= 4 is 45.8 Å². The highest BCUT2D eigenvalue weighted by atomic mass is 35.5. The molecular formula is C30H28Cl2N4O3. The molecule has 1 N–H and O–H groups in total. The molecule has 2 atom stereocenters. The molecule has 200 valence electrons. The summed E-state index contributed by atoms with van der Waals surface area (Å²) in [6.07, 6.45) is 7.58. The van der Waals surface area contributed by atoms with Crippen molar-refractivity contribution in [3.05, 3.63) is 76.1 Å². The predicted molar refractivity (Wildman–Crippen MR) is 151 cm³/mol. The zero-order chi connectivity index (χ0) is 26.5. The third-order valence-electron chi connectivity index (χ3n) is 8.21. The zero-order valence-corrected chi connectivity index (χ0v) is 22.8. The van der Waals surface area contributed by atoms with E-state index in [1.165, 1.54) is 0 Å². The van der Waals surface area contributed by atoms with Crippen LogP contribution in [0, 0.1) is 0 Å². The highest BCUT2D eigenvalue weighted by Crippen LogP contribution is 2.46. The molecule has 1 saturated carbocycles. The van der Waals surface area contributed by atoms with Crippen molar-refractivity contribution in [1.82, 2.24) is 15.0 Å². The summed E-state index contributed by atoms with van der Waals surface area (Å²) in [5.74, 6) is 1.25. The van der Waals surface area contributed by atoms with Gasteiger partial charge >= 0.3 is 6.03 Å². The Kier molecular flexibility index (Phi) is 6.46. The smallest absolute Gasteiger partial charge is 0.322 e. The maximum absolute atomic E-state index is 13.3. The minimum absolute atomic E-state index is 0.0464. The Balaban J connectivity index is 1.05. The second-order valence-electron chi connectivity index (χ2n) is 10.8. The summed E-state index contributed by atoms with van der Waals surface area (Å²) >= 11 is 13.0. The first-order chi connectivity index (χ1) is 19.0. The van der Waals surface area contributed by atoms with Crippen LogP contribution in [0.4, 0.5) is 10.5 Å². The maximum Gasteiger partial charge on any atom is 0.322 e. The van der Waals surface area contributed by atoms with Crippen molar-refractivity contribution in [2.45, 2.75) is 69.2 Å². The molecule has 39 heavy (non-hydrogen) atoms. The first kappa shape index (κ1) is 24.9. The monoisotopic (exact) mass is 562 g/mol.